The molecule has 2 rings (SSSR count). The molecule has 1 aromatic carbocycles. The Kier molecular flexibility index (Phi) is 8.61. The first-order chi connectivity index (χ1) is 13.2. The van der Waals surface area contributed by atoms with Crippen molar-refractivity contribution < 1.29 is 19.2 Å². The summed E-state index contributed by atoms with van der Waals surface area (Å²) in [5, 5.41) is 9.78. The zero-order valence-corrected chi connectivity index (χ0v) is 18.1. The highest BCUT2D eigenvalue weighted by atomic mass is 35.5. The molecule has 1 aromatic rings. The number of carbonyl (C=O) groups excluding carboxylic acids is 1. The van der Waals surface area contributed by atoms with Gasteiger partial charge in [0, 0.05) is 28.3 Å². The Morgan fingerprint density at radius 1 is 1.36 bits per heavy atom. The average Bonchev–Trinajstić information content (AvgIpc) is 2.65. The number of nitrogens with zero attached hydrogens (tertiary/aromatic N) is 1. The summed E-state index contributed by atoms with van der Waals surface area (Å²) in [6, 6.07) is 7.11. The smallest absolute Gasteiger partial charge is 0.304 e. The average molecular weight is 429 g/mol. The molecule has 0 spiro atoms. The van der Waals surface area contributed by atoms with E-state index in [9.17, 15) is 19.2 Å². The van der Waals surface area contributed by atoms with Gasteiger partial charge < -0.3 is 14.6 Å². The van der Waals surface area contributed by atoms with E-state index in [2.05, 4.69) is 4.72 Å². The summed E-state index contributed by atoms with van der Waals surface area (Å²) < 4.78 is 15.2. The minimum absolute atomic E-state index is 0.0265. The standard InChI is InChI=1S/C20H29ClN2O4S/c1-4-17(12-22-28(27)13(2)3)23-18(14-5-8-16(21)9-6-14)10-7-15(20(23)26)11-19(24)25/h5-6,8-9,13,15,17-18,22H,4,7,10-12H2,1-3H3,(H,24,25). The lowest BCUT2D eigenvalue weighted by Gasteiger charge is -2.44. The summed E-state index contributed by atoms with van der Waals surface area (Å²) >= 11 is 4.82. The monoisotopic (exact) mass is 428 g/mol. The Labute approximate surface area is 174 Å². The van der Waals surface area contributed by atoms with Crippen LogP contribution >= 0.6 is 11.6 Å². The molecule has 0 aliphatic carbocycles. The van der Waals surface area contributed by atoms with Crippen molar-refractivity contribution in [2.75, 3.05) is 6.54 Å². The molecule has 0 radical (unpaired) electrons. The van der Waals surface area contributed by atoms with E-state index in [0.717, 1.165) is 5.56 Å². The van der Waals surface area contributed by atoms with Gasteiger partial charge in [0.05, 0.1) is 19.0 Å². The van der Waals surface area contributed by atoms with Crippen molar-refractivity contribution in [3.05, 3.63) is 34.9 Å². The molecule has 2 N–H and O–H groups in total. The molecule has 0 bridgehead atoms. The number of hydrogen-bond donors (Lipinski definition) is 2. The van der Waals surface area contributed by atoms with Gasteiger partial charge in [0.2, 0.25) is 5.91 Å². The highest BCUT2D eigenvalue weighted by Gasteiger charge is 2.40. The zero-order valence-electron chi connectivity index (χ0n) is 16.6. The van der Waals surface area contributed by atoms with E-state index in [-0.39, 0.29) is 29.7 Å². The lowest BCUT2D eigenvalue weighted by molar-refractivity contribution is -0.151. The number of nitrogens with one attached hydrogen (secondary N) is 1. The van der Waals surface area contributed by atoms with Gasteiger partial charge in [-0.05, 0) is 50.8 Å². The molecule has 4 atom stereocenters. The minimum Gasteiger partial charge on any atom is -0.598 e. The van der Waals surface area contributed by atoms with E-state index < -0.39 is 23.2 Å². The molecule has 0 aromatic heterocycles. The largest absolute Gasteiger partial charge is 0.598 e. The summed E-state index contributed by atoms with van der Waals surface area (Å²) in [6.07, 6.45) is 1.74. The third kappa shape index (κ3) is 5.86. The maximum atomic E-state index is 13.2. The predicted molar refractivity (Wildman–Crippen MR) is 111 cm³/mol. The molecule has 28 heavy (non-hydrogen) atoms. The van der Waals surface area contributed by atoms with E-state index in [1.165, 1.54) is 0 Å². The van der Waals surface area contributed by atoms with Gasteiger partial charge >= 0.3 is 5.97 Å². The number of aliphatic carboxylic acids is 1. The second kappa shape index (κ2) is 10.5. The second-order valence-electron chi connectivity index (χ2n) is 7.44. The van der Waals surface area contributed by atoms with Crippen molar-refractivity contribution in [1.29, 1.82) is 0 Å². The first kappa shape index (κ1) is 23.0. The van der Waals surface area contributed by atoms with Crippen molar-refractivity contribution in [2.24, 2.45) is 5.92 Å². The Hall–Kier alpha value is -1.28. The van der Waals surface area contributed by atoms with E-state index in [1.807, 2.05) is 37.8 Å². The normalized spacial score (nSPS) is 22.4. The molecule has 1 amide bonds. The first-order valence-corrected chi connectivity index (χ1v) is 11.3. The molecule has 4 unspecified atom stereocenters. The van der Waals surface area contributed by atoms with E-state index in [1.54, 1.807) is 12.1 Å². The number of rotatable bonds is 9. The lowest BCUT2D eigenvalue weighted by Crippen LogP contribution is -2.53. The summed E-state index contributed by atoms with van der Waals surface area (Å²) in [6.45, 7) is 6.12. The number of carboxylic acids is 1. The van der Waals surface area contributed by atoms with Gasteiger partial charge in [0.15, 0.2) is 0 Å². The predicted octanol–water partition coefficient (Wildman–Crippen LogP) is 3.53. The van der Waals surface area contributed by atoms with Crippen LogP contribution in [0.1, 0.15) is 58.1 Å². The van der Waals surface area contributed by atoms with Crippen LogP contribution in [0.5, 0.6) is 0 Å². The van der Waals surface area contributed by atoms with Crippen molar-refractivity contribution >= 4 is 34.8 Å². The Bertz CT molecular complexity index is 671. The van der Waals surface area contributed by atoms with Crippen LogP contribution in [0.25, 0.3) is 0 Å². The third-order valence-electron chi connectivity index (χ3n) is 5.16. The topological polar surface area (TPSA) is 92.7 Å². The SMILES string of the molecule is CCC(CN[S+]([O-])C(C)C)N1C(=O)C(CC(=O)O)CCC1c1ccc(Cl)cc1. The second-order valence-corrected chi connectivity index (χ2v) is 9.70. The van der Waals surface area contributed by atoms with Crippen molar-refractivity contribution in [3.63, 3.8) is 0 Å². The molecule has 6 nitrogen and oxygen atoms in total. The highest BCUT2D eigenvalue weighted by molar-refractivity contribution is 7.90. The highest BCUT2D eigenvalue weighted by Crippen LogP contribution is 2.38. The van der Waals surface area contributed by atoms with Crippen LogP contribution in [0.2, 0.25) is 5.02 Å². The fourth-order valence-electron chi connectivity index (χ4n) is 3.62. The molecule has 156 valence electrons. The van der Waals surface area contributed by atoms with Crippen LogP contribution in [0.15, 0.2) is 24.3 Å². The van der Waals surface area contributed by atoms with E-state index >= 15 is 0 Å². The van der Waals surface area contributed by atoms with Crippen molar-refractivity contribution in [2.45, 2.75) is 63.8 Å². The van der Waals surface area contributed by atoms with Crippen molar-refractivity contribution in [1.82, 2.24) is 9.62 Å². The molecule has 1 fully saturated rings. The van der Waals surface area contributed by atoms with Gasteiger partial charge in [-0.25, -0.2) is 0 Å². The number of carbonyl (C=O) groups is 2. The molecule has 1 heterocycles. The van der Waals surface area contributed by atoms with E-state index in [0.29, 0.717) is 30.8 Å². The number of likely N-dealkylation sites (tertiary alicyclic amines) is 1. The van der Waals surface area contributed by atoms with Gasteiger partial charge in [-0.1, -0.05) is 30.7 Å². The number of hydrogen-bond acceptors (Lipinski definition) is 4. The number of piperidine rings is 1. The maximum Gasteiger partial charge on any atom is 0.304 e. The van der Waals surface area contributed by atoms with Gasteiger partial charge in [-0.2, -0.15) is 0 Å². The third-order valence-corrected chi connectivity index (χ3v) is 6.72. The zero-order chi connectivity index (χ0) is 20.8. The van der Waals surface area contributed by atoms with Gasteiger partial charge in [0.25, 0.3) is 0 Å². The van der Waals surface area contributed by atoms with Gasteiger partial charge in [-0.3, -0.25) is 9.59 Å². The van der Waals surface area contributed by atoms with Gasteiger partial charge in [-0.15, -0.1) is 4.72 Å². The maximum absolute atomic E-state index is 13.2. The molecule has 1 aliphatic heterocycles. The van der Waals surface area contributed by atoms with E-state index in [4.69, 9.17) is 11.6 Å². The summed E-state index contributed by atoms with van der Waals surface area (Å²) in [5.41, 5.74) is 0.981. The Morgan fingerprint density at radius 3 is 2.54 bits per heavy atom. The fourth-order valence-corrected chi connectivity index (χ4v) is 4.43. The fraction of sp³-hybridized carbons (Fsp3) is 0.600. The Morgan fingerprint density at radius 2 is 2.00 bits per heavy atom. The first-order valence-electron chi connectivity index (χ1n) is 9.68. The summed E-state index contributed by atoms with van der Waals surface area (Å²) in [7, 11) is 0. The molecular formula is C20H29ClN2O4S. The summed E-state index contributed by atoms with van der Waals surface area (Å²) in [5.74, 6) is -1.63. The van der Waals surface area contributed by atoms with Crippen LogP contribution in [0, 0.1) is 5.92 Å². The lowest BCUT2D eigenvalue weighted by atomic mass is 9.85. The van der Waals surface area contributed by atoms with Crippen LogP contribution < -0.4 is 4.72 Å². The molecular weight excluding hydrogens is 400 g/mol. The number of carboxylic acid groups (broad SMARTS) is 1. The number of halogens is 1. The van der Waals surface area contributed by atoms with Gasteiger partial charge in [0.1, 0.15) is 5.25 Å². The molecule has 8 heteroatoms. The van der Waals surface area contributed by atoms with Crippen LogP contribution in [0.4, 0.5) is 0 Å². The van der Waals surface area contributed by atoms with Crippen LogP contribution in [-0.4, -0.2) is 44.3 Å². The number of amides is 1. The van der Waals surface area contributed by atoms with Crippen molar-refractivity contribution in [3.8, 4) is 0 Å². The molecule has 0 saturated carbocycles. The van der Waals surface area contributed by atoms with Crippen LogP contribution in [0.3, 0.4) is 0 Å². The minimum atomic E-state index is -1.19. The Balaban J connectivity index is 2.28. The number of benzene rings is 1. The molecule has 1 aliphatic rings. The molecule has 1 saturated heterocycles. The van der Waals surface area contributed by atoms with Crippen LogP contribution in [-0.2, 0) is 21.0 Å². The quantitative estimate of drug-likeness (QED) is 0.587. The summed E-state index contributed by atoms with van der Waals surface area (Å²) in [4.78, 5) is 26.2.